The first kappa shape index (κ1) is 17.5. The van der Waals surface area contributed by atoms with E-state index in [4.69, 9.17) is 0 Å². The molecule has 0 radical (unpaired) electrons. The van der Waals surface area contributed by atoms with Crippen molar-refractivity contribution in [1.29, 1.82) is 0 Å². The summed E-state index contributed by atoms with van der Waals surface area (Å²) in [5, 5.41) is 6.27. The van der Waals surface area contributed by atoms with Crippen molar-refractivity contribution in [3.63, 3.8) is 0 Å². The molecular weight excluding hydrogens is 372 g/mol. The normalized spacial score (nSPS) is 24.2. The van der Waals surface area contributed by atoms with E-state index in [0.29, 0.717) is 24.7 Å². The van der Waals surface area contributed by atoms with Gasteiger partial charge < -0.3 is 20.1 Å². The van der Waals surface area contributed by atoms with Crippen LogP contribution in [0.4, 0.5) is 0 Å². The Bertz CT molecular complexity index is 610. The Hall–Kier alpha value is -1.34. The maximum atomic E-state index is 12.7. The Kier molecular flexibility index (Phi) is 5.61. The van der Waals surface area contributed by atoms with Crippen molar-refractivity contribution in [2.45, 2.75) is 31.7 Å². The van der Waals surface area contributed by atoms with Gasteiger partial charge in [0.05, 0.1) is 6.04 Å². The summed E-state index contributed by atoms with van der Waals surface area (Å²) in [7, 11) is 1.88. The van der Waals surface area contributed by atoms with Crippen molar-refractivity contribution in [1.82, 2.24) is 20.1 Å². The standard InChI is InChI=1S/C17H25BrN4O2/c1-21-11-13(18)8-15(21)17(24)22-7-3-4-12(10-22)9-20-16(23)14-5-2-6-19-14/h8,11-12,14,19H,2-7,9-10H2,1H3,(H,20,23). The van der Waals surface area contributed by atoms with Crippen molar-refractivity contribution in [3.8, 4) is 0 Å². The number of hydrogen-bond donors (Lipinski definition) is 2. The molecule has 2 aliphatic heterocycles. The fourth-order valence-corrected chi connectivity index (χ4v) is 4.12. The number of aromatic nitrogens is 1. The van der Waals surface area contributed by atoms with Crippen molar-refractivity contribution < 1.29 is 9.59 Å². The van der Waals surface area contributed by atoms with E-state index in [1.54, 1.807) is 0 Å². The van der Waals surface area contributed by atoms with E-state index < -0.39 is 0 Å². The highest BCUT2D eigenvalue weighted by Gasteiger charge is 2.27. The number of nitrogens with zero attached hydrogens (tertiary/aromatic N) is 2. The number of halogens is 1. The van der Waals surface area contributed by atoms with Gasteiger partial charge in [0.1, 0.15) is 5.69 Å². The molecule has 0 aliphatic carbocycles. The molecule has 2 unspecified atom stereocenters. The van der Waals surface area contributed by atoms with E-state index in [2.05, 4.69) is 26.6 Å². The van der Waals surface area contributed by atoms with E-state index in [1.807, 2.05) is 28.8 Å². The van der Waals surface area contributed by atoms with Gasteiger partial charge in [-0.1, -0.05) is 0 Å². The Morgan fingerprint density at radius 3 is 2.88 bits per heavy atom. The molecule has 2 atom stereocenters. The second-order valence-electron chi connectivity index (χ2n) is 6.81. The highest BCUT2D eigenvalue weighted by molar-refractivity contribution is 9.10. The zero-order valence-corrected chi connectivity index (χ0v) is 15.6. The summed E-state index contributed by atoms with van der Waals surface area (Å²) in [5.41, 5.74) is 0.696. The lowest BCUT2D eigenvalue weighted by Gasteiger charge is -2.33. The quantitative estimate of drug-likeness (QED) is 0.810. The van der Waals surface area contributed by atoms with Gasteiger partial charge in [-0.15, -0.1) is 0 Å². The molecule has 2 amide bonds. The lowest BCUT2D eigenvalue weighted by atomic mass is 9.97. The minimum atomic E-state index is -0.0351. The lowest BCUT2D eigenvalue weighted by Crippen LogP contribution is -2.47. The first-order valence-electron chi connectivity index (χ1n) is 8.67. The van der Waals surface area contributed by atoms with Gasteiger partial charge >= 0.3 is 0 Å². The first-order valence-corrected chi connectivity index (χ1v) is 9.46. The fraction of sp³-hybridized carbons (Fsp3) is 0.647. The predicted molar refractivity (Wildman–Crippen MR) is 95.8 cm³/mol. The SMILES string of the molecule is Cn1cc(Br)cc1C(=O)N1CCCC(CNC(=O)C2CCCN2)C1. The molecule has 2 aliphatic rings. The molecule has 7 heteroatoms. The van der Waals surface area contributed by atoms with Crippen LogP contribution in [-0.2, 0) is 11.8 Å². The number of carbonyl (C=O) groups excluding carboxylic acids is 2. The van der Waals surface area contributed by atoms with Gasteiger partial charge in [0.2, 0.25) is 5.91 Å². The number of hydrogen-bond acceptors (Lipinski definition) is 3. The Labute approximate surface area is 151 Å². The third-order valence-corrected chi connectivity index (χ3v) is 5.37. The molecule has 132 valence electrons. The minimum absolute atomic E-state index is 0.0351. The van der Waals surface area contributed by atoms with E-state index in [-0.39, 0.29) is 17.9 Å². The van der Waals surface area contributed by atoms with Crippen molar-refractivity contribution in [2.24, 2.45) is 13.0 Å². The van der Waals surface area contributed by atoms with Gasteiger partial charge in [-0.3, -0.25) is 9.59 Å². The molecule has 2 saturated heterocycles. The van der Waals surface area contributed by atoms with Crippen LogP contribution in [0.15, 0.2) is 16.7 Å². The zero-order chi connectivity index (χ0) is 17.1. The second kappa shape index (κ2) is 7.70. The molecule has 1 aromatic heterocycles. The Balaban J connectivity index is 1.53. The van der Waals surface area contributed by atoms with Crippen LogP contribution in [0.3, 0.4) is 0 Å². The van der Waals surface area contributed by atoms with Crippen molar-refractivity contribution in [2.75, 3.05) is 26.2 Å². The molecule has 1 aromatic rings. The van der Waals surface area contributed by atoms with E-state index in [9.17, 15) is 9.59 Å². The first-order chi connectivity index (χ1) is 11.5. The number of carbonyl (C=O) groups is 2. The molecule has 2 fully saturated rings. The third kappa shape index (κ3) is 4.00. The van der Waals surface area contributed by atoms with E-state index in [1.165, 1.54) is 0 Å². The summed E-state index contributed by atoms with van der Waals surface area (Å²) < 4.78 is 2.77. The van der Waals surface area contributed by atoms with Gasteiger partial charge in [-0.2, -0.15) is 0 Å². The third-order valence-electron chi connectivity index (χ3n) is 4.94. The number of aryl methyl sites for hydroxylation is 1. The number of likely N-dealkylation sites (tertiary alicyclic amines) is 1. The van der Waals surface area contributed by atoms with Crippen LogP contribution in [0.25, 0.3) is 0 Å². The molecule has 3 heterocycles. The minimum Gasteiger partial charge on any atom is -0.354 e. The summed E-state index contributed by atoms with van der Waals surface area (Å²) in [5.74, 6) is 0.496. The van der Waals surface area contributed by atoms with Crippen LogP contribution in [0.1, 0.15) is 36.2 Å². The summed E-state index contributed by atoms with van der Waals surface area (Å²) in [4.78, 5) is 26.7. The Morgan fingerprint density at radius 1 is 1.38 bits per heavy atom. The average molecular weight is 397 g/mol. The molecule has 0 bridgehead atoms. The summed E-state index contributed by atoms with van der Waals surface area (Å²) >= 11 is 3.42. The summed E-state index contributed by atoms with van der Waals surface area (Å²) in [6.07, 6.45) is 5.92. The lowest BCUT2D eigenvalue weighted by molar-refractivity contribution is -0.123. The summed E-state index contributed by atoms with van der Waals surface area (Å²) in [6, 6.07) is 1.83. The highest BCUT2D eigenvalue weighted by Crippen LogP contribution is 2.20. The van der Waals surface area contributed by atoms with Gasteiger partial charge in [0, 0.05) is 37.4 Å². The number of rotatable bonds is 4. The smallest absolute Gasteiger partial charge is 0.270 e. The number of piperidine rings is 1. The van der Waals surface area contributed by atoms with Crippen LogP contribution in [0.2, 0.25) is 0 Å². The fourth-order valence-electron chi connectivity index (χ4n) is 3.59. The molecule has 0 aromatic carbocycles. The van der Waals surface area contributed by atoms with Gasteiger partial charge in [0.25, 0.3) is 5.91 Å². The van der Waals surface area contributed by atoms with Crippen LogP contribution >= 0.6 is 15.9 Å². The van der Waals surface area contributed by atoms with Crippen LogP contribution in [-0.4, -0.2) is 53.5 Å². The second-order valence-corrected chi connectivity index (χ2v) is 7.72. The predicted octanol–water partition coefficient (Wildman–Crippen LogP) is 1.51. The van der Waals surface area contributed by atoms with Crippen LogP contribution in [0, 0.1) is 5.92 Å². The molecular formula is C17H25BrN4O2. The van der Waals surface area contributed by atoms with Crippen LogP contribution in [0.5, 0.6) is 0 Å². The largest absolute Gasteiger partial charge is 0.354 e. The van der Waals surface area contributed by atoms with Gasteiger partial charge in [0.15, 0.2) is 0 Å². The molecule has 3 rings (SSSR count). The Morgan fingerprint density at radius 2 is 2.21 bits per heavy atom. The maximum Gasteiger partial charge on any atom is 0.270 e. The molecule has 24 heavy (non-hydrogen) atoms. The van der Waals surface area contributed by atoms with E-state index >= 15 is 0 Å². The van der Waals surface area contributed by atoms with Gasteiger partial charge in [-0.05, 0) is 60.1 Å². The molecule has 2 N–H and O–H groups in total. The van der Waals surface area contributed by atoms with Crippen LogP contribution < -0.4 is 10.6 Å². The van der Waals surface area contributed by atoms with Crippen molar-refractivity contribution >= 4 is 27.7 Å². The topological polar surface area (TPSA) is 66.4 Å². The monoisotopic (exact) mass is 396 g/mol. The van der Waals surface area contributed by atoms with E-state index in [0.717, 1.165) is 43.2 Å². The molecule has 0 spiro atoms. The highest BCUT2D eigenvalue weighted by atomic mass is 79.9. The summed E-state index contributed by atoms with van der Waals surface area (Å²) in [6.45, 7) is 3.07. The van der Waals surface area contributed by atoms with Crippen molar-refractivity contribution in [3.05, 3.63) is 22.4 Å². The molecule has 6 nitrogen and oxygen atoms in total. The zero-order valence-electron chi connectivity index (χ0n) is 14.1. The number of amides is 2. The number of nitrogens with one attached hydrogen (secondary N) is 2. The molecule has 0 saturated carbocycles. The van der Waals surface area contributed by atoms with Gasteiger partial charge in [-0.25, -0.2) is 0 Å². The maximum absolute atomic E-state index is 12.7. The average Bonchev–Trinajstić information content (AvgIpc) is 3.22.